The molecule has 1 atom stereocenters. The topological polar surface area (TPSA) is 68.0 Å². The monoisotopic (exact) mass is 337 g/mol. The van der Waals surface area contributed by atoms with Crippen molar-refractivity contribution in [3.63, 3.8) is 0 Å². The van der Waals surface area contributed by atoms with Crippen LogP contribution in [-0.2, 0) is 0 Å². The van der Waals surface area contributed by atoms with Gasteiger partial charge in [0.05, 0.1) is 22.5 Å². The molecule has 3 aromatic rings. The van der Waals surface area contributed by atoms with Gasteiger partial charge >= 0.3 is 0 Å². The number of hydrogen-bond donors (Lipinski definition) is 1. The smallest absolute Gasteiger partial charge is 0.253 e. The molecule has 25 heavy (non-hydrogen) atoms. The van der Waals surface area contributed by atoms with Crippen molar-refractivity contribution in [2.24, 2.45) is 0 Å². The van der Waals surface area contributed by atoms with E-state index in [0.29, 0.717) is 12.1 Å². The van der Waals surface area contributed by atoms with Crippen LogP contribution in [0.25, 0.3) is 10.9 Å². The minimum atomic E-state index is -0.0909. The summed E-state index contributed by atoms with van der Waals surface area (Å²) in [6.07, 6.45) is 0. The highest BCUT2D eigenvalue weighted by Crippen LogP contribution is 2.24. The van der Waals surface area contributed by atoms with Gasteiger partial charge in [-0.05, 0) is 39.3 Å². The summed E-state index contributed by atoms with van der Waals surface area (Å²) in [5.74, 6) is 0.843. The summed E-state index contributed by atoms with van der Waals surface area (Å²) in [5, 5.41) is 8.04. The summed E-state index contributed by atoms with van der Waals surface area (Å²) in [5.41, 5.74) is 5.22. The molecule has 2 heterocycles. The second-order valence-electron chi connectivity index (χ2n) is 6.56. The van der Waals surface area contributed by atoms with Crippen LogP contribution in [0.15, 0.2) is 28.8 Å². The molecule has 0 radical (unpaired) electrons. The molecule has 0 aliphatic rings. The van der Waals surface area contributed by atoms with Crippen LogP contribution in [-0.4, -0.2) is 22.6 Å². The van der Waals surface area contributed by atoms with Crippen molar-refractivity contribution >= 4 is 16.8 Å². The number of nitrogens with one attached hydrogen (secondary N) is 1. The van der Waals surface area contributed by atoms with Gasteiger partial charge in [0.25, 0.3) is 5.91 Å². The van der Waals surface area contributed by atoms with Crippen LogP contribution in [0.1, 0.15) is 51.5 Å². The molecule has 0 bridgehead atoms. The van der Waals surface area contributed by atoms with Crippen LogP contribution in [0.3, 0.4) is 0 Å². The predicted octanol–water partition coefficient (Wildman–Crippen LogP) is 3.99. The number of amides is 1. The molecule has 2 aromatic heterocycles. The number of rotatable bonds is 4. The zero-order chi connectivity index (χ0) is 18.1. The molecule has 1 amide bonds. The highest BCUT2D eigenvalue weighted by Gasteiger charge is 2.20. The summed E-state index contributed by atoms with van der Waals surface area (Å²) >= 11 is 0. The number of carbonyl (C=O) groups excluding carboxylic acids is 1. The van der Waals surface area contributed by atoms with Gasteiger partial charge in [0.2, 0.25) is 0 Å². The Morgan fingerprint density at radius 3 is 2.56 bits per heavy atom. The van der Waals surface area contributed by atoms with Crippen molar-refractivity contribution in [1.29, 1.82) is 0 Å². The van der Waals surface area contributed by atoms with Crippen LogP contribution in [0.2, 0.25) is 0 Å². The van der Waals surface area contributed by atoms with Gasteiger partial charge in [0.15, 0.2) is 0 Å². The van der Waals surface area contributed by atoms with Crippen molar-refractivity contribution in [2.75, 3.05) is 6.54 Å². The van der Waals surface area contributed by atoms with Crippen LogP contribution in [0.4, 0.5) is 0 Å². The van der Waals surface area contributed by atoms with E-state index in [0.717, 1.165) is 39.2 Å². The molecule has 0 spiro atoms. The third-order valence-electron chi connectivity index (χ3n) is 4.71. The van der Waals surface area contributed by atoms with Crippen molar-refractivity contribution in [3.8, 4) is 0 Å². The summed E-state index contributed by atoms with van der Waals surface area (Å²) < 4.78 is 5.22. The van der Waals surface area contributed by atoms with E-state index in [1.165, 1.54) is 0 Å². The molecule has 0 saturated heterocycles. The van der Waals surface area contributed by atoms with Crippen molar-refractivity contribution in [3.05, 3.63) is 58.1 Å². The van der Waals surface area contributed by atoms with Crippen molar-refractivity contribution < 1.29 is 9.32 Å². The SMILES string of the molecule is Cc1nc2ccccc2c(C)c1C(=O)NC[C@H](C)c1c(C)noc1C. The molecule has 5 heteroatoms. The van der Waals surface area contributed by atoms with E-state index < -0.39 is 0 Å². The first-order valence-corrected chi connectivity index (χ1v) is 8.47. The lowest BCUT2D eigenvalue weighted by Gasteiger charge is -2.15. The van der Waals surface area contributed by atoms with Gasteiger partial charge < -0.3 is 9.84 Å². The van der Waals surface area contributed by atoms with Crippen LogP contribution >= 0.6 is 0 Å². The van der Waals surface area contributed by atoms with E-state index in [1.54, 1.807) is 0 Å². The normalized spacial score (nSPS) is 12.4. The Morgan fingerprint density at radius 1 is 1.16 bits per heavy atom. The van der Waals surface area contributed by atoms with E-state index in [1.807, 2.05) is 52.0 Å². The van der Waals surface area contributed by atoms with Gasteiger partial charge in [-0.1, -0.05) is 30.3 Å². The number of nitrogens with zero attached hydrogens (tertiary/aromatic N) is 2. The number of hydrogen-bond acceptors (Lipinski definition) is 4. The Morgan fingerprint density at radius 2 is 1.88 bits per heavy atom. The molecule has 0 unspecified atom stereocenters. The van der Waals surface area contributed by atoms with Crippen molar-refractivity contribution in [1.82, 2.24) is 15.5 Å². The molecule has 0 fully saturated rings. The molecular weight excluding hydrogens is 314 g/mol. The Balaban J connectivity index is 1.83. The van der Waals surface area contributed by atoms with Gasteiger partial charge in [-0.25, -0.2) is 0 Å². The van der Waals surface area contributed by atoms with E-state index in [2.05, 4.69) is 22.4 Å². The third kappa shape index (κ3) is 3.14. The van der Waals surface area contributed by atoms with Gasteiger partial charge in [0, 0.05) is 23.4 Å². The lowest BCUT2D eigenvalue weighted by Crippen LogP contribution is -2.29. The summed E-state index contributed by atoms with van der Waals surface area (Å²) in [6.45, 7) is 10.3. The number of aromatic nitrogens is 2. The minimum absolute atomic E-state index is 0.0909. The average molecular weight is 337 g/mol. The number of aryl methyl sites for hydroxylation is 4. The maximum Gasteiger partial charge on any atom is 0.253 e. The Bertz CT molecular complexity index is 924. The van der Waals surface area contributed by atoms with E-state index in [4.69, 9.17) is 4.52 Å². The maximum atomic E-state index is 12.8. The molecule has 5 nitrogen and oxygen atoms in total. The zero-order valence-corrected chi connectivity index (χ0v) is 15.3. The highest BCUT2D eigenvalue weighted by molar-refractivity contribution is 6.01. The van der Waals surface area contributed by atoms with E-state index in [9.17, 15) is 4.79 Å². The number of para-hydroxylation sites is 1. The second-order valence-corrected chi connectivity index (χ2v) is 6.56. The summed E-state index contributed by atoms with van der Waals surface area (Å²) in [4.78, 5) is 17.4. The number of fused-ring (bicyclic) bond motifs is 1. The van der Waals surface area contributed by atoms with E-state index in [-0.39, 0.29) is 11.8 Å². The minimum Gasteiger partial charge on any atom is -0.361 e. The Labute approximate surface area is 147 Å². The lowest BCUT2D eigenvalue weighted by molar-refractivity contribution is 0.0950. The Hall–Kier alpha value is -2.69. The van der Waals surface area contributed by atoms with E-state index >= 15 is 0 Å². The second kappa shape index (κ2) is 6.67. The number of carbonyl (C=O) groups is 1. The molecule has 0 saturated carbocycles. The van der Waals surface area contributed by atoms with Crippen LogP contribution in [0, 0.1) is 27.7 Å². The highest BCUT2D eigenvalue weighted by atomic mass is 16.5. The third-order valence-corrected chi connectivity index (χ3v) is 4.71. The molecular formula is C20H23N3O2. The Kier molecular flexibility index (Phi) is 4.57. The molecule has 0 aliphatic carbocycles. The summed E-state index contributed by atoms with van der Waals surface area (Å²) in [6, 6.07) is 7.89. The lowest BCUT2D eigenvalue weighted by atomic mass is 9.98. The first kappa shape index (κ1) is 17.1. The molecule has 1 aromatic carbocycles. The molecule has 0 aliphatic heterocycles. The maximum absolute atomic E-state index is 12.8. The zero-order valence-electron chi connectivity index (χ0n) is 15.3. The fourth-order valence-corrected chi connectivity index (χ4v) is 3.50. The largest absolute Gasteiger partial charge is 0.361 e. The van der Waals surface area contributed by atoms with Gasteiger partial charge in [0.1, 0.15) is 5.76 Å². The van der Waals surface area contributed by atoms with Gasteiger partial charge in [-0.2, -0.15) is 0 Å². The predicted molar refractivity (Wildman–Crippen MR) is 97.9 cm³/mol. The van der Waals surface area contributed by atoms with Crippen LogP contribution in [0.5, 0.6) is 0 Å². The quantitative estimate of drug-likeness (QED) is 0.781. The van der Waals surface area contributed by atoms with Crippen LogP contribution < -0.4 is 5.32 Å². The first-order chi connectivity index (χ1) is 11.9. The average Bonchev–Trinajstić information content (AvgIpc) is 2.91. The standard InChI is InChI=1S/C20H23N3O2/c1-11(18-14(4)23-25-15(18)5)10-21-20(24)19-12(2)16-8-6-7-9-17(16)22-13(19)3/h6-9,11H,10H2,1-5H3,(H,21,24)/t11-/m0/s1. The molecule has 3 rings (SSSR count). The van der Waals surface area contributed by atoms with Gasteiger partial charge in [-0.15, -0.1) is 0 Å². The van der Waals surface area contributed by atoms with Gasteiger partial charge in [-0.3, -0.25) is 9.78 Å². The number of benzene rings is 1. The fourth-order valence-electron chi connectivity index (χ4n) is 3.50. The fraction of sp³-hybridized carbons (Fsp3) is 0.350. The first-order valence-electron chi connectivity index (χ1n) is 8.47. The molecule has 130 valence electrons. The van der Waals surface area contributed by atoms with Crippen molar-refractivity contribution in [2.45, 2.75) is 40.5 Å². The summed E-state index contributed by atoms with van der Waals surface area (Å²) in [7, 11) is 0. The number of pyridine rings is 1. The molecule has 1 N–H and O–H groups in total.